The van der Waals surface area contributed by atoms with E-state index in [1.165, 1.54) is 0 Å². The van der Waals surface area contributed by atoms with Crippen LogP contribution < -0.4 is 5.32 Å². The maximum Gasteiger partial charge on any atom is 0.0603 e. The molecule has 0 aromatic rings. The third-order valence-electron chi connectivity index (χ3n) is 2.53. The molecule has 15 heavy (non-hydrogen) atoms. The van der Waals surface area contributed by atoms with Crippen molar-refractivity contribution in [3.63, 3.8) is 0 Å². The molecule has 3 nitrogen and oxygen atoms in total. The lowest BCUT2D eigenvalue weighted by Gasteiger charge is -2.26. The van der Waals surface area contributed by atoms with Crippen LogP contribution in [-0.4, -0.2) is 35.5 Å². The fraction of sp³-hybridized carbons (Fsp3) is 1.00. The number of nitrogens with one attached hydrogen (secondary N) is 1. The Kier molecular flexibility index (Phi) is 6.41. The molecule has 0 aromatic heterocycles. The Morgan fingerprint density at radius 1 is 1.07 bits per heavy atom. The van der Waals surface area contributed by atoms with Crippen LogP contribution in [0.2, 0.25) is 0 Å². The summed E-state index contributed by atoms with van der Waals surface area (Å²) in [4.78, 5) is 0. The fourth-order valence-electron chi connectivity index (χ4n) is 1.47. The molecule has 0 aliphatic carbocycles. The topological polar surface area (TPSA) is 52.5 Å². The molecule has 92 valence electrons. The maximum absolute atomic E-state index is 9.52. The molecular formula is C12H27NO2. The average Bonchev–Trinajstić information content (AvgIpc) is 2.08. The summed E-state index contributed by atoms with van der Waals surface area (Å²) in [6.45, 7) is 10.1. The zero-order valence-corrected chi connectivity index (χ0v) is 10.6. The summed E-state index contributed by atoms with van der Waals surface area (Å²) < 4.78 is 0. The summed E-state index contributed by atoms with van der Waals surface area (Å²) in [5.74, 6) is 0. The zero-order valence-electron chi connectivity index (χ0n) is 10.6. The van der Waals surface area contributed by atoms with Crippen LogP contribution in [0.25, 0.3) is 0 Å². The van der Waals surface area contributed by atoms with E-state index in [0.29, 0.717) is 0 Å². The Bertz CT molecular complexity index is 161. The Morgan fingerprint density at radius 3 is 2.13 bits per heavy atom. The molecule has 3 N–H and O–H groups in total. The number of hydrogen-bond donors (Lipinski definition) is 3. The van der Waals surface area contributed by atoms with Crippen molar-refractivity contribution in [2.75, 3.05) is 19.7 Å². The third-order valence-corrected chi connectivity index (χ3v) is 2.53. The van der Waals surface area contributed by atoms with Gasteiger partial charge in [-0.05, 0) is 45.1 Å². The molecule has 0 heterocycles. The van der Waals surface area contributed by atoms with Crippen molar-refractivity contribution >= 4 is 0 Å². The van der Waals surface area contributed by atoms with E-state index in [-0.39, 0.29) is 12.0 Å². The summed E-state index contributed by atoms with van der Waals surface area (Å²) >= 11 is 0. The minimum atomic E-state index is -0.581. The van der Waals surface area contributed by atoms with E-state index in [9.17, 15) is 5.11 Å². The normalized spacial score (nSPS) is 13.2. The monoisotopic (exact) mass is 217 g/mol. The van der Waals surface area contributed by atoms with Gasteiger partial charge in [-0.3, -0.25) is 0 Å². The second-order valence-corrected chi connectivity index (χ2v) is 5.73. The molecule has 0 aromatic carbocycles. The first kappa shape index (κ1) is 14.9. The quantitative estimate of drug-likeness (QED) is 0.541. The lowest BCUT2D eigenvalue weighted by Crippen LogP contribution is -2.33. The van der Waals surface area contributed by atoms with Crippen LogP contribution in [0.5, 0.6) is 0 Å². The Balaban J connectivity index is 3.57. The van der Waals surface area contributed by atoms with E-state index in [4.69, 9.17) is 5.11 Å². The molecule has 0 rings (SSSR count). The van der Waals surface area contributed by atoms with Crippen molar-refractivity contribution in [1.82, 2.24) is 5.32 Å². The van der Waals surface area contributed by atoms with Crippen LogP contribution in [0.15, 0.2) is 0 Å². The average molecular weight is 217 g/mol. The summed E-state index contributed by atoms with van der Waals surface area (Å²) in [5.41, 5.74) is -0.357. The van der Waals surface area contributed by atoms with Gasteiger partial charge in [0.2, 0.25) is 0 Å². The first-order chi connectivity index (χ1) is 6.77. The van der Waals surface area contributed by atoms with Gasteiger partial charge in [0.15, 0.2) is 0 Å². The standard InChI is InChI=1S/C12H27NO2/c1-11(2,6-5-9-14)10-13-8-7-12(3,4)15/h13-15H,5-10H2,1-4H3. The predicted molar refractivity (Wildman–Crippen MR) is 63.9 cm³/mol. The van der Waals surface area contributed by atoms with Gasteiger partial charge in [-0.2, -0.15) is 0 Å². The molecule has 0 bridgehead atoms. The SMILES string of the molecule is CC(C)(O)CCNCC(C)(C)CCCO. The van der Waals surface area contributed by atoms with Crippen LogP contribution >= 0.6 is 0 Å². The van der Waals surface area contributed by atoms with Crippen molar-refractivity contribution in [3.8, 4) is 0 Å². The van der Waals surface area contributed by atoms with Crippen LogP contribution in [0.3, 0.4) is 0 Å². The van der Waals surface area contributed by atoms with Gasteiger partial charge in [0.1, 0.15) is 0 Å². The second-order valence-electron chi connectivity index (χ2n) is 5.73. The molecule has 0 radical (unpaired) electrons. The lowest BCUT2D eigenvalue weighted by atomic mass is 9.88. The van der Waals surface area contributed by atoms with Gasteiger partial charge >= 0.3 is 0 Å². The summed E-state index contributed by atoms with van der Waals surface area (Å²) in [6, 6.07) is 0. The molecule has 0 amide bonds. The van der Waals surface area contributed by atoms with Crippen molar-refractivity contribution in [3.05, 3.63) is 0 Å². The molecule has 0 spiro atoms. The molecule has 0 fully saturated rings. The highest BCUT2D eigenvalue weighted by molar-refractivity contribution is 4.73. The molecule has 0 aliphatic heterocycles. The largest absolute Gasteiger partial charge is 0.396 e. The van der Waals surface area contributed by atoms with Gasteiger partial charge in [0.05, 0.1) is 5.60 Å². The Hall–Kier alpha value is -0.120. The first-order valence-electron chi connectivity index (χ1n) is 5.81. The number of aliphatic hydroxyl groups is 2. The van der Waals surface area contributed by atoms with E-state index in [1.807, 2.05) is 13.8 Å². The van der Waals surface area contributed by atoms with Gasteiger partial charge in [-0.1, -0.05) is 13.8 Å². The second kappa shape index (κ2) is 6.46. The van der Waals surface area contributed by atoms with Gasteiger partial charge < -0.3 is 15.5 Å². The highest BCUT2D eigenvalue weighted by Gasteiger charge is 2.17. The highest BCUT2D eigenvalue weighted by atomic mass is 16.3. The number of aliphatic hydroxyl groups excluding tert-OH is 1. The van der Waals surface area contributed by atoms with Gasteiger partial charge in [0.25, 0.3) is 0 Å². The molecule has 0 aliphatic rings. The van der Waals surface area contributed by atoms with Crippen molar-refractivity contribution in [2.24, 2.45) is 5.41 Å². The van der Waals surface area contributed by atoms with Gasteiger partial charge in [-0.15, -0.1) is 0 Å². The molecule has 0 saturated carbocycles. The molecule has 0 atom stereocenters. The van der Waals surface area contributed by atoms with Crippen LogP contribution in [-0.2, 0) is 0 Å². The minimum Gasteiger partial charge on any atom is -0.396 e. The molecular weight excluding hydrogens is 190 g/mol. The zero-order chi connectivity index (χ0) is 11.9. The van der Waals surface area contributed by atoms with Crippen molar-refractivity contribution in [1.29, 1.82) is 0 Å². The fourth-order valence-corrected chi connectivity index (χ4v) is 1.47. The summed E-state index contributed by atoms with van der Waals surface area (Å²) in [6.07, 6.45) is 2.66. The summed E-state index contributed by atoms with van der Waals surface area (Å²) in [7, 11) is 0. The lowest BCUT2D eigenvalue weighted by molar-refractivity contribution is 0.0702. The van der Waals surface area contributed by atoms with E-state index in [1.54, 1.807) is 0 Å². The Morgan fingerprint density at radius 2 is 1.67 bits per heavy atom. The predicted octanol–water partition coefficient (Wildman–Crippen LogP) is 1.54. The van der Waals surface area contributed by atoms with Crippen LogP contribution in [0.1, 0.15) is 47.0 Å². The molecule has 0 saturated heterocycles. The third kappa shape index (κ3) is 10.2. The van der Waals surface area contributed by atoms with E-state index in [2.05, 4.69) is 19.2 Å². The first-order valence-corrected chi connectivity index (χ1v) is 5.81. The van der Waals surface area contributed by atoms with E-state index >= 15 is 0 Å². The van der Waals surface area contributed by atoms with Crippen molar-refractivity contribution in [2.45, 2.75) is 52.6 Å². The van der Waals surface area contributed by atoms with Gasteiger partial charge in [0, 0.05) is 13.2 Å². The number of hydrogen-bond acceptors (Lipinski definition) is 3. The van der Waals surface area contributed by atoms with E-state index < -0.39 is 5.60 Å². The maximum atomic E-state index is 9.52. The smallest absolute Gasteiger partial charge is 0.0603 e. The highest BCUT2D eigenvalue weighted by Crippen LogP contribution is 2.20. The van der Waals surface area contributed by atoms with Crippen LogP contribution in [0.4, 0.5) is 0 Å². The van der Waals surface area contributed by atoms with E-state index in [0.717, 1.165) is 32.4 Å². The van der Waals surface area contributed by atoms with Crippen molar-refractivity contribution < 1.29 is 10.2 Å². The molecule has 3 heteroatoms. The summed E-state index contributed by atoms with van der Waals surface area (Å²) in [5, 5.41) is 21.6. The molecule has 0 unspecified atom stereocenters. The van der Waals surface area contributed by atoms with Gasteiger partial charge in [-0.25, -0.2) is 0 Å². The minimum absolute atomic E-state index is 0.225. The number of rotatable bonds is 8. The Labute approximate surface area is 93.9 Å². The van der Waals surface area contributed by atoms with Crippen LogP contribution in [0, 0.1) is 5.41 Å².